The fourth-order valence-electron chi connectivity index (χ4n) is 1.61. The van der Waals surface area contributed by atoms with Gasteiger partial charge < -0.3 is 15.4 Å². The van der Waals surface area contributed by atoms with Gasteiger partial charge in [-0.2, -0.15) is 0 Å². The van der Waals surface area contributed by atoms with Crippen molar-refractivity contribution in [2.75, 3.05) is 18.5 Å². The zero-order valence-corrected chi connectivity index (χ0v) is 12.6. The van der Waals surface area contributed by atoms with Gasteiger partial charge in [-0.15, -0.1) is 0 Å². The number of hydrogen-bond donors (Lipinski definition) is 2. The molecule has 110 valence electrons. The molecule has 2 N–H and O–H groups in total. The Balaban J connectivity index is 1.74. The van der Waals surface area contributed by atoms with Crippen molar-refractivity contribution in [2.24, 2.45) is 0 Å². The van der Waals surface area contributed by atoms with E-state index in [2.05, 4.69) is 10.6 Å². The third-order valence-corrected chi connectivity index (χ3v) is 3.14. The number of anilines is 1. The number of halogens is 2. The standard InChI is InChI=1S/C15H14Cl2N2O2/c16-11-6-7-13(17)14(10-11)19-15(20)18-8-9-21-12-4-2-1-3-5-12/h1-7,10H,8-9H2,(H2,18,19,20). The molecular weight excluding hydrogens is 311 g/mol. The molecule has 2 aromatic rings. The van der Waals surface area contributed by atoms with E-state index in [0.717, 1.165) is 5.75 Å². The van der Waals surface area contributed by atoms with Crippen molar-refractivity contribution < 1.29 is 9.53 Å². The van der Waals surface area contributed by atoms with Crippen molar-refractivity contribution in [1.29, 1.82) is 0 Å². The Morgan fingerprint density at radius 1 is 1.10 bits per heavy atom. The molecule has 0 radical (unpaired) electrons. The van der Waals surface area contributed by atoms with Gasteiger partial charge in [0, 0.05) is 5.02 Å². The maximum Gasteiger partial charge on any atom is 0.319 e. The van der Waals surface area contributed by atoms with E-state index < -0.39 is 0 Å². The number of urea groups is 1. The molecule has 0 aromatic heterocycles. The lowest BCUT2D eigenvalue weighted by Gasteiger charge is -2.10. The first-order valence-corrected chi connectivity index (χ1v) is 7.08. The molecule has 0 aliphatic heterocycles. The first-order chi connectivity index (χ1) is 10.1. The fourth-order valence-corrected chi connectivity index (χ4v) is 1.95. The van der Waals surface area contributed by atoms with E-state index in [9.17, 15) is 4.79 Å². The average Bonchev–Trinajstić information content (AvgIpc) is 2.48. The summed E-state index contributed by atoms with van der Waals surface area (Å²) in [5.41, 5.74) is 0.464. The number of benzene rings is 2. The predicted molar refractivity (Wildman–Crippen MR) is 85.4 cm³/mol. The third-order valence-electron chi connectivity index (χ3n) is 2.58. The maximum atomic E-state index is 11.7. The minimum absolute atomic E-state index is 0.365. The summed E-state index contributed by atoms with van der Waals surface area (Å²) < 4.78 is 5.46. The second kappa shape index (κ2) is 7.76. The normalized spacial score (nSPS) is 10.0. The molecule has 0 spiro atoms. The minimum Gasteiger partial charge on any atom is -0.492 e. The smallest absolute Gasteiger partial charge is 0.319 e. The highest BCUT2D eigenvalue weighted by molar-refractivity contribution is 6.35. The molecule has 21 heavy (non-hydrogen) atoms. The number of hydrogen-bond acceptors (Lipinski definition) is 2. The molecule has 0 heterocycles. The number of ether oxygens (including phenoxy) is 1. The number of para-hydroxylation sites is 1. The highest BCUT2D eigenvalue weighted by Gasteiger charge is 2.05. The summed E-state index contributed by atoms with van der Waals surface area (Å²) in [5.74, 6) is 0.762. The van der Waals surface area contributed by atoms with Crippen molar-refractivity contribution in [3.8, 4) is 5.75 Å². The van der Waals surface area contributed by atoms with E-state index in [1.54, 1.807) is 18.2 Å². The van der Waals surface area contributed by atoms with Crippen LogP contribution in [0.1, 0.15) is 0 Å². The van der Waals surface area contributed by atoms with Crippen LogP contribution in [-0.2, 0) is 0 Å². The molecule has 2 rings (SSSR count). The molecule has 4 nitrogen and oxygen atoms in total. The van der Waals surface area contributed by atoms with Crippen LogP contribution in [0.4, 0.5) is 10.5 Å². The number of nitrogens with one attached hydrogen (secondary N) is 2. The van der Waals surface area contributed by atoms with E-state index in [0.29, 0.717) is 28.9 Å². The van der Waals surface area contributed by atoms with Crippen LogP contribution in [0.2, 0.25) is 10.0 Å². The minimum atomic E-state index is -0.365. The molecule has 0 bridgehead atoms. The summed E-state index contributed by atoms with van der Waals surface area (Å²) in [6, 6.07) is 13.9. The van der Waals surface area contributed by atoms with Crippen molar-refractivity contribution in [3.63, 3.8) is 0 Å². The van der Waals surface area contributed by atoms with Gasteiger partial charge >= 0.3 is 6.03 Å². The lowest BCUT2D eigenvalue weighted by molar-refractivity contribution is 0.247. The number of carbonyl (C=O) groups is 1. The third kappa shape index (κ3) is 5.17. The first-order valence-electron chi connectivity index (χ1n) is 6.33. The van der Waals surface area contributed by atoms with Crippen LogP contribution in [0, 0.1) is 0 Å². The largest absolute Gasteiger partial charge is 0.492 e. The summed E-state index contributed by atoms with van der Waals surface area (Å²) in [6.07, 6.45) is 0. The average molecular weight is 325 g/mol. The first kappa shape index (κ1) is 15.5. The summed E-state index contributed by atoms with van der Waals surface area (Å²) in [5, 5.41) is 6.23. The molecule has 0 fully saturated rings. The molecule has 0 saturated heterocycles. The van der Waals surface area contributed by atoms with Crippen molar-refractivity contribution >= 4 is 34.9 Å². The van der Waals surface area contributed by atoms with Gasteiger partial charge in [-0.1, -0.05) is 41.4 Å². The van der Waals surface area contributed by atoms with Gasteiger partial charge in [-0.3, -0.25) is 0 Å². The molecule has 0 atom stereocenters. The summed E-state index contributed by atoms with van der Waals surface area (Å²) >= 11 is 11.8. The van der Waals surface area contributed by atoms with Gasteiger partial charge in [0.2, 0.25) is 0 Å². The zero-order chi connectivity index (χ0) is 15.1. The Morgan fingerprint density at radius 3 is 2.62 bits per heavy atom. The molecule has 0 aliphatic carbocycles. The zero-order valence-electron chi connectivity index (χ0n) is 11.1. The highest BCUT2D eigenvalue weighted by Crippen LogP contribution is 2.25. The van der Waals surface area contributed by atoms with Crippen LogP contribution in [0.15, 0.2) is 48.5 Å². The summed E-state index contributed by atoms with van der Waals surface area (Å²) in [7, 11) is 0. The Labute approximate surface area is 133 Å². The van der Waals surface area contributed by atoms with Gasteiger partial charge in [0.05, 0.1) is 17.3 Å². The number of amides is 2. The van der Waals surface area contributed by atoms with Crippen molar-refractivity contribution in [2.45, 2.75) is 0 Å². The molecular formula is C15H14Cl2N2O2. The van der Waals surface area contributed by atoms with Crippen LogP contribution >= 0.6 is 23.2 Å². The van der Waals surface area contributed by atoms with E-state index in [4.69, 9.17) is 27.9 Å². The lowest BCUT2D eigenvalue weighted by atomic mass is 10.3. The molecule has 2 aromatic carbocycles. The Kier molecular flexibility index (Phi) is 5.72. The Bertz CT molecular complexity index is 606. The lowest BCUT2D eigenvalue weighted by Crippen LogP contribution is -2.32. The van der Waals surface area contributed by atoms with Crippen molar-refractivity contribution in [1.82, 2.24) is 5.32 Å². The number of rotatable bonds is 5. The molecule has 0 unspecified atom stereocenters. The second-order valence-corrected chi connectivity index (χ2v) is 5.01. The Hall–Kier alpha value is -1.91. The topological polar surface area (TPSA) is 50.4 Å². The van der Waals surface area contributed by atoms with Crippen LogP contribution in [-0.4, -0.2) is 19.2 Å². The molecule has 6 heteroatoms. The molecule has 2 amide bonds. The van der Waals surface area contributed by atoms with Gasteiger partial charge in [0.25, 0.3) is 0 Å². The SMILES string of the molecule is O=C(NCCOc1ccccc1)Nc1cc(Cl)ccc1Cl. The quantitative estimate of drug-likeness (QED) is 0.810. The fraction of sp³-hybridized carbons (Fsp3) is 0.133. The van der Waals surface area contributed by atoms with Crippen LogP contribution in [0.5, 0.6) is 5.75 Å². The van der Waals surface area contributed by atoms with Gasteiger partial charge in [-0.05, 0) is 30.3 Å². The van der Waals surface area contributed by atoms with Gasteiger partial charge in [0.15, 0.2) is 0 Å². The summed E-state index contributed by atoms with van der Waals surface area (Å²) in [6.45, 7) is 0.750. The highest BCUT2D eigenvalue weighted by atomic mass is 35.5. The van der Waals surface area contributed by atoms with Crippen molar-refractivity contribution in [3.05, 3.63) is 58.6 Å². The monoisotopic (exact) mass is 324 g/mol. The van der Waals surface area contributed by atoms with Gasteiger partial charge in [-0.25, -0.2) is 4.79 Å². The van der Waals surface area contributed by atoms with E-state index in [1.807, 2.05) is 30.3 Å². The van der Waals surface area contributed by atoms with E-state index in [-0.39, 0.29) is 6.03 Å². The second-order valence-electron chi connectivity index (χ2n) is 4.17. The Morgan fingerprint density at radius 2 is 1.86 bits per heavy atom. The molecule has 0 saturated carbocycles. The van der Waals surface area contributed by atoms with Crippen LogP contribution < -0.4 is 15.4 Å². The number of carbonyl (C=O) groups excluding carboxylic acids is 1. The molecule has 0 aliphatic rings. The van der Waals surface area contributed by atoms with E-state index in [1.165, 1.54) is 0 Å². The summed E-state index contributed by atoms with van der Waals surface area (Å²) in [4.78, 5) is 11.7. The maximum absolute atomic E-state index is 11.7. The predicted octanol–water partition coefficient (Wildman–Crippen LogP) is 4.19. The van der Waals surface area contributed by atoms with Crippen LogP contribution in [0.3, 0.4) is 0 Å². The van der Waals surface area contributed by atoms with Crippen LogP contribution in [0.25, 0.3) is 0 Å². The van der Waals surface area contributed by atoms with Gasteiger partial charge in [0.1, 0.15) is 12.4 Å². The van der Waals surface area contributed by atoms with E-state index >= 15 is 0 Å².